The van der Waals surface area contributed by atoms with E-state index in [9.17, 15) is 4.79 Å². The van der Waals surface area contributed by atoms with Crippen molar-refractivity contribution in [3.05, 3.63) is 36.0 Å². The van der Waals surface area contributed by atoms with Gasteiger partial charge in [-0.2, -0.15) is 0 Å². The molecule has 0 bridgehead atoms. The van der Waals surface area contributed by atoms with E-state index in [0.717, 1.165) is 0 Å². The lowest BCUT2D eigenvalue weighted by molar-refractivity contribution is 0.0699. The fraction of sp³-hybridized carbons (Fsp3) is 0.0909. The molecule has 0 fully saturated rings. The lowest BCUT2D eigenvalue weighted by Gasteiger charge is -2.06. The number of methoxy groups -OCH3 is 1. The number of pyridine rings is 1. The van der Waals surface area contributed by atoms with Gasteiger partial charge in [0.15, 0.2) is 0 Å². The normalized spacial score (nSPS) is 10.2. The third-order valence-corrected chi connectivity index (χ3v) is 2.18. The highest BCUT2D eigenvalue weighted by atomic mass is 16.5. The Morgan fingerprint density at radius 1 is 1.40 bits per heavy atom. The standard InChI is InChI=1S/C11H9NO3/c1-15-9-5-4-8(11(13)14)7-3-2-6-12-10(7)9/h2-6H,1H3,(H,13,14). The van der Waals surface area contributed by atoms with Crippen LogP contribution in [0.5, 0.6) is 5.75 Å². The predicted octanol–water partition coefficient (Wildman–Crippen LogP) is 1.94. The molecule has 0 radical (unpaired) electrons. The van der Waals surface area contributed by atoms with E-state index in [0.29, 0.717) is 16.7 Å². The maximum Gasteiger partial charge on any atom is 0.336 e. The Hall–Kier alpha value is -2.10. The SMILES string of the molecule is COc1ccc(C(=O)O)c2cccnc12. The zero-order valence-electron chi connectivity index (χ0n) is 8.10. The molecule has 4 nitrogen and oxygen atoms in total. The van der Waals surface area contributed by atoms with Gasteiger partial charge in [0.05, 0.1) is 12.7 Å². The summed E-state index contributed by atoms with van der Waals surface area (Å²) in [7, 11) is 1.53. The highest BCUT2D eigenvalue weighted by Crippen LogP contribution is 2.26. The molecule has 1 N–H and O–H groups in total. The van der Waals surface area contributed by atoms with Crippen LogP contribution in [-0.4, -0.2) is 23.2 Å². The van der Waals surface area contributed by atoms with Gasteiger partial charge in [-0.05, 0) is 18.2 Å². The molecule has 76 valence electrons. The van der Waals surface area contributed by atoms with Crippen LogP contribution in [0.4, 0.5) is 0 Å². The summed E-state index contributed by atoms with van der Waals surface area (Å²) < 4.78 is 5.11. The van der Waals surface area contributed by atoms with Crippen LogP contribution in [0.1, 0.15) is 10.4 Å². The molecule has 1 aromatic carbocycles. The van der Waals surface area contributed by atoms with Gasteiger partial charge >= 0.3 is 5.97 Å². The van der Waals surface area contributed by atoms with Crippen molar-refractivity contribution in [1.82, 2.24) is 4.98 Å². The number of ether oxygens (including phenoxy) is 1. The summed E-state index contributed by atoms with van der Waals surface area (Å²) in [5.41, 5.74) is 0.804. The lowest BCUT2D eigenvalue weighted by atomic mass is 10.1. The van der Waals surface area contributed by atoms with Crippen molar-refractivity contribution < 1.29 is 14.6 Å². The number of hydrogen-bond donors (Lipinski definition) is 1. The minimum Gasteiger partial charge on any atom is -0.494 e. The highest BCUT2D eigenvalue weighted by molar-refractivity contribution is 6.04. The molecule has 2 rings (SSSR count). The van der Waals surface area contributed by atoms with Crippen molar-refractivity contribution in [2.45, 2.75) is 0 Å². The number of benzene rings is 1. The minimum atomic E-state index is -0.962. The summed E-state index contributed by atoms with van der Waals surface area (Å²) in [5.74, 6) is -0.383. The summed E-state index contributed by atoms with van der Waals surface area (Å²) >= 11 is 0. The number of aromatic nitrogens is 1. The van der Waals surface area contributed by atoms with Crippen molar-refractivity contribution in [2.24, 2.45) is 0 Å². The first-order valence-corrected chi connectivity index (χ1v) is 4.39. The number of hydrogen-bond acceptors (Lipinski definition) is 3. The van der Waals surface area contributed by atoms with Gasteiger partial charge in [0, 0.05) is 11.6 Å². The molecule has 0 aliphatic carbocycles. The number of aromatic carboxylic acids is 1. The Morgan fingerprint density at radius 3 is 2.87 bits per heavy atom. The van der Waals surface area contributed by atoms with E-state index in [2.05, 4.69) is 4.98 Å². The van der Waals surface area contributed by atoms with E-state index in [1.54, 1.807) is 24.4 Å². The Labute approximate surface area is 86.1 Å². The van der Waals surface area contributed by atoms with Crippen LogP contribution in [0.15, 0.2) is 30.5 Å². The van der Waals surface area contributed by atoms with Crippen LogP contribution >= 0.6 is 0 Å². The Bertz CT molecular complexity index is 522. The molecule has 0 atom stereocenters. The molecule has 0 saturated heterocycles. The van der Waals surface area contributed by atoms with E-state index in [4.69, 9.17) is 9.84 Å². The minimum absolute atomic E-state index is 0.235. The molecule has 2 aromatic rings. The van der Waals surface area contributed by atoms with E-state index >= 15 is 0 Å². The van der Waals surface area contributed by atoms with Crippen LogP contribution in [0.3, 0.4) is 0 Å². The maximum absolute atomic E-state index is 10.9. The van der Waals surface area contributed by atoms with Gasteiger partial charge in [-0.15, -0.1) is 0 Å². The Kier molecular flexibility index (Phi) is 2.25. The summed E-state index contributed by atoms with van der Waals surface area (Å²) in [6.45, 7) is 0. The Balaban J connectivity index is 2.83. The first-order valence-electron chi connectivity index (χ1n) is 4.39. The van der Waals surface area contributed by atoms with E-state index < -0.39 is 5.97 Å². The van der Waals surface area contributed by atoms with Crippen molar-refractivity contribution in [3.8, 4) is 5.75 Å². The van der Waals surface area contributed by atoms with E-state index in [1.807, 2.05) is 0 Å². The second kappa shape index (κ2) is 3.57. The largest absolute Gasteiger partial charge is 0.494 e. The summed E-state index contributed by atoms with van der Waals surface area (Å²) in [5, 5.41) is 9.57. The van der Waals surface area contributed by atoms with Gasteiger partial charge in [0.1, 0.15) is 11.3 Å². The molecule has 4 heteroatoms. The second-order valence-electron chi connectivity index (χ2n) is 3.02. The Morgan fingerprint density at radius 2 is 2.20 bits per heavy atom. The molecule has 0 amide bonds. The topological polar surface area (TPSA) is 59.4 Å². The van der Waals surface area contributed by atoms with Crippen LogP contribution in [-0.2, 0) is 0 Å². The quantitative estimate of drug-likeness (QED) is 0.810. The second-order valence-corrected chi connectivity index (χ2v) is 3.02. The summed E-state index contributed by atoms with van der Waals surface area (Å²) in [4.78, 5) is 15.1. The molecule has 15 heavy (non-hydrogen) atoms. The fourth-order valence-corrected chi connectivity index (χ4v) is 1.50. The van der Waals surface area contributed by atoms with Crippen LogP contribution in [0, 0.1) is 0 Å². The zero-order chi connectivity index (χ0) is 10.8. The van der Waals surface area contributed by atoms with Crippen molar-refractivity contribution in [3.63, 3.8) is 0 Å². The number of carboxylic acid groups (broad SMARTS) is 1. The molecular formula is C11H9NO3. The van der Waals surface area contributed by atoms with E-state index in [-0.39, 0.29) is 5.56 Å². The zero-order valence-corrected chi connectivity index (χ0v) is 8.10. The first kappa shape index (κ1) is 9.45. The van der Waals surface area contributed by atoms with Gasteiger partial charge < -0.3 is 9.84 Å². The molecule has 1 aromatic heterocycles. The molecular weight excluding hydrogens is 194 g/mol. The molecule has 0 aliphatic rings. The van der Waals surface area contributed by atoms with Crippen molar-refractivity contribution in [1.29, 1.82) is 0 Å². The average molecular weight is 203 g/mol. The monoisotopic (exact) mass is 203 g/mol. The number of rotatable bonds is 2. The molecule has 0 aliphatic heterocycles. The molecule has 0 unspecified atom stereocenters. The third-order valence-electron chi connectivity index (χ3n) is 2.18. The number of fused-ring (bicyclic) bond motifs is 1. The summed E-state index contributed by atoms with van der Waals surface area (Å²) in [6, 6.07) is 6.55. The van der Waals surface area contributed by atoms with Crippen molar-refractivity contribution >= 4 is 16.9 Å². The lowest BCUT2D eigenvalue weighted by Crippen LogP contribution is -1.99. The molecule has 1 heterocycles. The van der Waals surface area contributed by atoms with Gasteiger partial charge in [0.2, 0.25) is 0 Å². The predicted molar refractivity (Wildman–Crippen MR) is 55.3 cm³/mol. The van der Waals surface area contributed by atoms with Crippen LogP contribution in [0.25, 0.3) is 10.9 Å². The molecule has 0 spiro atoms. The van der Waals surface area contributed by atoms with Crippen LogP contribution in [0.2, 0.25) is 0 Å². The van der Waals surface area contributed by atoms with Gasteiger partial charge in [-0.1, -0.05) is 6.07 Å². The maximum atomic E-state index is 10.9. The fourth-order valence-electron chi connectivity index (χ4n) is 1.50. The average Bonchev–Trinajstić information content (AvgIpc) is 2.27. The first-order chi connectivity index (χ1) is 7.24. The van der Waals surface area contributed by atoms with Crippen molar-refractivity contribution in [2.75, 3.05) is 7.11 Å². The van der Waals surface area contributed by atoms with Gasteiger partial charge in [0.25, 0.3) is 0 Å². The highest BCUT2D eigenvalue weighted by Gasteiger charge is 2.11. The summed E-state index contributed by atoms with van der Waals surface area (Å²) in [6.07, 6.45) is 1.61. The number of carbonyl (C=O) groups is 1. The smallest absolute Gasteiger partial charge is 0.336 e. The number of carboxylic acids is 1. The third kappa shape index (κ3) is 1.50. The number of nitrogens with zero attached hydrogens (tertiary/aromatic N) is 1. The van der Waals surface area contributed by atoms with Crippen LogP contribution < -0.4 is 4.74 Å². The van der Waals surface area contributed by atoms with Gasteiger partial charge in [-0.25, -0.2) is 4.79 Å². The molecule has 0 saturated carbocycles. The van der Waals surface area contributed by atoms with E-state index in [1.165, 1.54) is 13.2 Å². The van der Waals surface area contributed by atoms with Gasteiger partial charge in [-0.3, -0.25) is 4.98 Å².